The van der Waals surface area contributed by atoms with Crippen LogP contribution in [0.1, 0.15) is 59.1 Å². The summed E-state index contributed by atoms with van der Waals surface area (Å²) in [4.78, 5) is 15.3. The summed E-state index contributed by atoms with van der Waals surface area (Å²) in [7, 11) is 0. The van der Waals surface area contributed by atoms with Crippen molar-refractivity contribution in [2.75, 3.05) is 6.54 Å². The largest absolute Gasteiger partial charge is 0.361 e. The van der Waals surface area contributed by atoms with E-state index in [1.54, 1.807) is 0 Å². The molecule has 0 bridgehead atoms. The second-order valence-electron chi connectivity index (χ2n) is 8.66. The topological polar surface area (TPSA) is 44.9 Å². The molecule has 0 saturated carbocycles. The van der Waals surface area contributed by atoms with Crippen LogP contribution in [0.2, 0.25) is 0 Å². The molecule has 23 heavy (non-hydrogen) atoms. The Morgan fingerprint density at radius 2 is 1.83 bits per heavy atom. The summed E-state index contributed by atoms with van der Waals surface area (Å²) in [5.74, 6) is 0.132. The van der Waals surface area contributed by atoms with Gasteiger partial charge in [-0.25, -0.2) is 0 Å². The molecule has 1 amide bonds. The molecular weight excluding hydrogens is 284 g/mol. The first-order valence-electron chi connectivity index (χ1n) is 8.43. The Morgan fingerprint density at radius 3 is 2.43 bits per heavy atom. The van der Waals surface area contributed by atoms with Crippen LogP contribution in [0, 0.1) is 5.41 Å². The zero-order chi connectivity index (χ0) is 17.3. The predicted octanol–water partition coefficient (Wildman–Crippen LogP) is 4.56. The summed E-state index contributed by atoms with van der Waals surface area (Å²) in [5.41, 5.74) is 3.95. The minimum Gasteiger partial charge on any atom is -0.361 e. The Kier molecular flexibility index (Phi) is 4.88. The molecule has 0 spiro atoms. The summed E-state index contributed by atoms with van der Waals surface area (Å²) in [5, 5.41) is 4.28. The van der Waals surface area contributed by atoms with Gasteiger partial charge in [-0.1, -0.05) is 53.7 Å². The van der Waals surface area contributed by atoms with Gasteiger partial charge in [0.05, 0.1) is 0 Å². The van der Waals surface area contributed by atoms with Gasteiger partial charge < -0.3 is 10.3 Å². The van der Waals surface area contributed by atoms with E-state index in [9.17, 15) is 4.79 Å². The number of H-pyrrole nitrogens is 1. The first kappa shape index (κ1) is 17.6. The highest BCUT2D eigenvalue weighted by Crippen LogP contribution is 2.27. The van der Waals surface area contributed by atoms with Gasteiger partial charge in [0, 0.05) is 30.1 Å². The number of rotatable bonds is 4. The van der Waals surface area contributed by atoms with Crippen LogP contribution in [-0.2, 0) is 16.6 Å². The lowest BCUT2D eigenvalue weighted by molar-refractivity contribution is -0.122. The van der Waals surface area contributed by atoms with Crippen molar-refractivity contribution in [3.8, 4) is 0 Å². The SMILES string of the molecule is CC(C)(C)CC(=O)NCCc1c[nH]c2cc(C(C)(C)C)ccc12. The molecular formula is C20H30N2O. The quantitative estimate of drug-likeness (QED) is 0.853. The second-order valence-corrected chi connectivity index (χ2v) is 8.66. The van der Waals surface area contributed by atoms with Crippen LogP contribution in [0.25, 0.3) is 10.9 Å². The molecule has 1 aromatic heterocycles. The zero-order valence-corrected chi connectivity index (χ0v) is 15.3. The van der Waals surface area contributed by atoms with E-state index in [-0.39, 0.29) is 16.7 Å². The summed E-state index contributed by atoms with van der Waals surface area (Å²) in [6.45, 7) is 13.6. The van der Waals surface area contributed by atoms with Gasteiger partial charge in [0.15, 0.2) is 0 Å². The molecule has 0 radical (unpaired) electrons. The monoisotopic (exact) mass is 314 g/mol. The lowest BCUT2D eigenvalue weighted by Gasteiger charge is -2.19. The van der Waals surface area contributed by atoms with Crippen molar-refractivity contribution in [2.24, 2.45) is 5.41 Å². The van der Waals surface area contributed by atoms with Gasteiger partial charge >= 0.3 is 0 Å². The number of amides is 1. The van der Waals surface area contributed by atoms with E-state index in [0.29, 0.717) is 13.0 Å². The average Bonchev–Trinajstić information content (AvgIpc) is 2.78. The van der Waals surface area contributed by atoms with Crippen LogP contribution in [-0.4, -0.2) is 17.4 Å². The van der Waals surface area contributed by atoms with Gasteiger partial charge in [0.2, 0.25) is 5.91 Å². The van der Waals surface area contributed by atoms with Gasteiger partial charge in [0.25, 0.3) is 0 Å². The number of benzene rings is 1. The fourth-order valence-corrected chi connectivity index (χ4v) is 2.74. The number of nitrogens with one attached hydrogen (secondary N) is 2. The Morgan fingerprint density at radius 1 is 1.13 bits per heavy atom. The highest BCUT2D eigenvalue weighted by atomic mass is 16.1. The molecule has 1 heterocycles. The number of hydrogen-bond donors (Lipinski definition) is 2. The molecule has 3 heteroatoms. The standard InChI is InChI=1S/C20H30N2O/c1-19(2,3)12-18(23)21-10-9-14-13-22-17-11-15(20(4,5)6)7-8-16(14)17/h7-8,11,13,22H,9-10,12H2,1-6H3,(H,21,23). The highest BCUT2D eigenvalue weighted by molar-refractivity contribution is 5.84. The van der Waals surface area contributed by atoms with Crippen LogP contribution in [0.4, 0.5) is 0 Å². The number of fused-ring (bicyclic) bond motifs is 1. The molecule has 0 aliphatic heterocycles. The maximum absolute atomic E-state index is 11.9. The molecule has 1 aromatic carbocycles. The van der Waals surface area contributed by atoms with E-state index in [1.807, 2.05) is 0 Å². The first-order valence-corrected chi connectivity index (χ1v) is 8.43. The average molecular weight is 314 g/mol. The molecule has 0 fully saturated rings. The van der Waals surface area contributed by atoms with Crippen molar-refractivity contribution in [3.05, 3.63) is 35.5 Å². The molecule has 2 rings (SSSR count). The fraction of sp³-hybridized carbons (Fsp3) is 0.550. The summed E-state index contributed by atoms with van der Waals surface area (Å²) < 4.78 is 0. The number of aromatic amines is 1. The van der Waals surface area contributed by atoms with Crippen LogP contribution >= 0.6 is 0 Å². The van der Waals surface area contributed by atoms with E-state index in [4.69, 9.17) is 0 Å². The van der Waals surface area contributed by atoms with Gasteiger partial charge in [-0.05, 0) is 34.4 Å². The third-order valence-electron chi connectivity index (χ3n) is 4.04. The maximum Gasteiger partial charge on any atom is 0.220 e. The van der Waals surface area contributed by atoms with Gasteiger partial charge in [-0.2, -0.15) is 0 Å². The maximum atomic E-state index is 11.9. The molecule has 126 valence electrons. The molecule has 0 atom stereocenters. The normalized spacial score (nSPS) is 12.6. The molecule has 0 unspecified atom stereocenters. The zero-order valence-electron chi connectivity index (χ0n) is 15.3. The summed E-state index contributed by atoms with van der Waals surface area (Å²) in [6, 6.07) is 6.63. The third-order valence-corrected chi connectivity index (χ3v) is 4.04. The smallest absolute Gasteiger partial charge is 0.220 e. The van der Waals surface area contributed by atoms with Crippen molar-refractivity contribution in [1.82, 2.24) is 10.3 Å². The third kappa shape index (κ3) is 4.85. The molecule has 2 N–H and O–H groups in total. The molecule has 2 aromatic rings. The van der Waals surface area contributed by atoms with Crippen molar-refractivity contribution < 1.29 is 4.79 Å². The number of carbonyl (C=O) groups is 1. The molecule has 3 nitrogen and oxygen atoms in total. The number of hydrogen-bond acceptors (Lipinski definition) is 1. The number of carbonyl (C=O) groups excluding carboxylic acids is 1. The minimum absolute atomic E-state index is 0.0359. The molecule has 0 aliphatic carbocycles. The predicted molar refractivity (Wildman–Crippen MR) is 97.8 cm³/mol. The van der Waals surface area contributed by atoms with Crippen molar-refractivity contribution >= 4 is 16.8 Å². The van der Waals surface area contributed by atoms with Gasteiger partial charge in [-0.3, -0.25) is 4.79 Å². The number of aromatic nitrogens is 1. The lowest BCUT2D eigenvalue weighted by atomic mass is 9.86. The Hall–Kier alpha value is -1.77. The van der Waals surface area contributed by atoms with Crippen LogP contribution in [0.15, 0.2) is 24.4 Å². The Labute approximate surface area is 139 Å². The fourth-order valence-electron chi connectivity index (χ4n) is 2.74. The first-order chi connectivity index (χ1) is 10.6. The van der Waals surface area contributed by atoms with Crippen LogP contribution in [0.3, 0.4) is 0 Å². The summed E-state index contributed by atoms with van der Waals surface area (Å²) in [6.07, 6.45) is 3.48. The van der Waals surface area contributed by atoms with Crippen LogP contribution in [0.5, 0.6) is 0 Å². The van der Waals surface area contributed by atoms with Crippen molar-refractivity contribution in [1.29, 1.82) is 0 Å². The van der Waals surface area contributed by atoms with E-state index in [0.717, 1.165) is 6.42 Å². The lowest BCUT2D eigenvalue weighted by Crippen LogP contribution is -2.29. The van der Waals surface area contributed by atoms with Crippen molar-refractivity contribution in [2.45, 2.75) is 59.8 Å². The molecule has 0 aliphatic rings. The Bertz CT molecular complexity index is 684. The van der Waals surface area contributed by atoms with Crippen molar-refractivity contribution in [3.63, 3.8) is 0 Å². The highest BCUT2D eigenvalue weighted by Gasteiger charge is 2.16. The van der Waals surface area contributed by atoms with E-state index in [1.165, 1.54) is 22.0 Å². The molecule has 0 saturated heterocycles. The minimum atomic E-state index is 0.0359. The second kappa shape index (κ2) is 6.38. The Balaban J connectivity index is 2.01. The van der Waals surface area contributed by atoms with E-state index < -0.39 is 0 Å². The summed E-state index contributed by atoms with van der Waals surface area (Å²) >= 11 is 0. The van der Waals surface area contributed by atoms with E-state index in [2.05, 4.69) is 76.2 Å². The van der Waals surface area contributed by atoms with E-state index >= 15 is 0 Å². The van der Waals surface area contributed by atoms with Crippen LogP contribution < -0.4 is 5.32 Å². The van der Waals surface area contributed by atoms with Gasteiger partial charge in [0.1, 0.15) is 0 Å². The van der Waals surface area contributed by atoms with Gasteiger partial charge in [-0.15, -0.1) is 0 Å².